The molecule has 0 saturated heterocycles. The third kappa shape index (κ3) is 3.07. The Hall–Kier alpha value is -0.430. The van der Waals surface area contributed by atoms with Gasteiger partial charge in [0.2, 0.25) is 0 Å². The van der Waals surface area contributed by atoms with Crippen LogP contribution in [0.25, 0.3) is 0 Å². The van der Waals surface area contributed by atoms with E-state index in [1.165, 1.54) is 14.2 Å². The molecule has 0 aliphatic carbocycles. The Labute approximate surface area is 110 Å². The van der Waals surface area contributed by atoms with Crippen molar-refractivity contribution in [2.24, 2.45) is 7.05 Å². The summed E-state index contributed by atoms with van der Waals surface area (Å²) in [5, 5.41) is 14.7. The fraction of sp³-hybridized carbons (Fsp3) is 0.727. The minimum Gasteiger partial charge on any atom is -0.384 e. The molecule has 0 spiro atoms. The molecule has 1 aromatic rings. The van der Waals surface area contributed by atoms with E-state index >= 15 is 0 Å². The molecule has 0 fully saturated rings. The lowest BCUT2D eigenvalue weighted by molar-refractivity contribution is -0.207. The summed E-state index contributed by atoms with van der Waals surface area (Å²) in [6, 6.07) is 0. The molecule has 0 aliphatic heterocycles. The van der Waals surface area contributed by atoms with Crippen molar-refractivity contribution < 1.29 is 14.6 Å². The van der Waals surface area contributed by atoms with Gasteiger partial charge in [-0.05, 0) is 29.8 Å². The number of aliphatic hydroxyl groups is 1. The number of halogens is 1. The van der Waals surface area contributed by atoms with Gasteiger partial charge in [0.25, 0.3) is 0 Å². The molecule has 0 aliphatic rings. The normalized spacial score (nSPS) is 15.3. The van der Waals surface area contributed by atoms with E-state index in [9.17, 15) is 5.11 Å². The first-order chi connectivity index (χ1) is 7.83. The average molecular weight is 307 g/mol. The lowest BCUT2D eigenvalue weighted by Gasteiger charge is -2.30. The second kappa shape index (κ2) is 5.48. The van der Waals surface area contributed by atoms with Crippen molar-refractivity contribution in [1.29, 1.82) is 0 Å². The maximum Gasteiger partial charge on any atom is 0.185 e. The molecule has 0 amide bonds. The Morgan fingerprint density at radius 3 is 2.35 bits per heavy atom. The van der Waals surface area contributed by atoms with Gasteiger partial charge in [-0.1, -0.05) is 0 Å². The molecule has 1 unspecified atom stereocenters. The predicted molar refractivity (Wildman–Crippen MR) is 67.8 cm³/mol. The summed E-state index contributed by atoms with van der Waals surface area (Å²) in [5.41, 5.74) is 0.683. The van der Waals surface area contributed by atoms with Gasteiger partial charge >= 0.3 is 0 Å². The number of nitrogens with zero attached hydrogens (tertiary/aromatic N) is 2. The fourth-order valence-corrected chi connectivity index (χ4v) is 2.37. The summed E-state index contributed by atoms with van der Waals surface area (Å²) in [5.74, 6) is 0. The largest absolute Gasteiger partial charge is 0.384 e. The molecule has 17 heavy (non-hydrogen) atoms. The summed E-state index contributed by atoms with van der Waals surface area (Å²) in [7, 11) is 4.86. The van der Waals surface area contributed by atoms with Crippen LogP contribution in [0, 0.1) is 6.92 Å². The number of aryl methyl sites for hydroxylation is 2. The maximum absolute atomic E-state index is 10.4. The molecule has 0 aromatic carbocycles. The summed E-state index contributed by atoms with van der Waals surface area (Å²) in [4.78, 5) is 0. The molecule has 1 rings (SSSR count). The van der Waals surface area contributed by atoms with Crippen molar-refractivity contribution in [3.63, 3.8) is 0 Å². The van der Waals surface area contributed by atoms with Crippen LogP contribution in [0.2, 0.25) is 0 Å². The summed E-state index contributed by atoms with van der Waals surface area (Å²) >= 11 is 3.47. The van der Waals surface area contributed by atoms with Gasteiger partial charge in [0.1, 0.15) is 5.60 Å². The van der Waals surface area contributed by atoms with E-state index in [4.69, 9.17) is 9.47 Å². The predicted octanol–water partition coefficient (Wildman–Crippen LogP) is 1.40. The highest BCUT2D eigenvalue weighted by Gasteiger charge is 2.34. The molecule has 0 bridgehead atoms. The smallest absolute Gasteiger partial charge is 0.185 e. The molecule has 0 saturated carbocycles. The minimum absolute atomic E-state index is 0.386. The quantitative estimate of drug-likeness (QED) is 0.836. The highest BCUT2D eigenvalue weighted by atomic mass is 79.9. The van der Waals surface area contributed by atoms with Gasteiger partial charge in [-0.3, -0.25) is 4.68 Å². The lowest BCUT2D eigenvalue weighted by Crippen LogP contribution is -2.44. The molecular weight excluding hydrogens is 288 g/mol. The van der Waals surface area contributed by atoms with Crippen molar-refractivity contribution in [2.45, 2.75) is 32.2 Å². The zero-order valence-electron chi connectivity index (χ0n) is 10.8. The van der Waals surface area contributed by atoms with Gasteiger partial charge in [-0.15, -0.1) is 0 Å². The van der Waals surface area contributed by atoms with Crippen molar-refractivity contribution >= 4 is 15.9 Å². The summed E-state index contributed by atoms with van der Waals surface area (Å²) in [6.07, 6.45) is -0.290. The Morgan fingerprint density at radius 1 is 1.47 bits per heavy atom. The average Bonchev–Trinajstić information content (AvgIpc) is 2.46. The Kier molecular flexibility index (Phi) is 4.71. The highest BCUT2D eigenvalue weighted by Crippen LogP contribution is 2.26. The first-order valence-corrected chi connectivity index (χ1v) is 6.08. The minimum atomic E-state index is -1.12. The van der Waals surface area contributed by atoms with Crippen molar-refractivity contribution in [3.8, 4) is 0 Å². The molecule has 6 heteroatoms. The first kappa shape index (κ1) is 14.6. The molecule has 98 valence electrons. The van der Waals surface area contributed by atoms with E-state index in [-0.39, 0.29) is 0 Å². The van der Waals surface area contributed by atoms with E-state index in [2.05, 4.69) is 21.0 Å². The number of hydrogen-bond acceptors (Lipinski definition) is 4. The fourth-order valence-electron chi connectivity index (χ4n) is 1.90. The molecule has 1 aromatic heterocycles. The van der Waals surface area contributed by atoms with Crippen LogP contribution in [0.4, 0.5) is 0 Å². The molecule has 1 heterocycles. The third-order valence-electron chi connectivity index (χ3n) is 2.72. The zero-order valence-corrected chi connectivity index (χ0v) is 12.4. The van der Waals surface area contributed by atoms with Crippen molar-refractivity contribution in [1.82, 2.24) is 9.78 Å². The second-order valence-corrected chi connectivity index (χ2v) is 5.10. The molecular formula is C11H19BrN2O3. The number of aromatic nitrogens is 2. The van der Waals surface area contributed by atoms with Gasteiger partial charge in [-0.2, -0.15) is 5.10 Å². The van der Waals surface area contributed by atoms with Gasteiger partial charge < -0.3 is 14.6 Å². The van der Waals surface area contributed by atoms with E-state index in [1.807, 2.05) is 14.0 Å². The monoisotopic (exact) mass is 306 g/mol. The van der Waals surface area contributed by atoms with Gasteiger partial charge in [0.15, 0.2) is 6.29 Å². The SMILES string of the molecule is COC(OC)C(C)(O)Cc1c(Br)c(C)nn1C. The topological polar surface area (TPSA) is 56.5 Å². The number of hydrogen-bond donors (Lipinski definition) is 1. The van der Waals surface area contributed by atoms with E-state index < -0.39 is 11.9 Å². The molecule has 1 atom stereocenters. The third-order valence-corrected chi connectivity index (χ3v) is 3.75. The van der Waals surface area contributed by atoms with Crippen molar-refractivity contribution in [3.05, 3.63) is 15.9 Å². The molecule has 5 nitrogen and oxygen atoms in total. The van der Waals surface area contributed by atoms with E-state index in [1.54, 1.807) is 11.6 Å². The van der Waals surface area contributed by atoms with Crippen LogP contribution >= 0.6 is 15.9 Å². The highest BCUT2D eigenvalue weighted by molar-refractivity contribution is 9.10. The molecule has 0 radical (unpaired) electrons. The van der Waals surface area contributed by atoms with E-state index in [0.29, 0.717) is 6.42 Å². The van der Waals surface area contributed by atoms with Crippen LogP contribution in [0.5, 0.6) is 0 Å². The van der Waals surface area contributed by atoms with Gasteiger partial charge in [0, 0.05) is 27.7 Å². The number of ether oxygens (including phenoxy) is 2. The lowest BCUT2D eigenvalue weighted by atomic mass is 9.99. The summed E-state index contributed by atoms with van der Waals surface area (Å²) < 4.78 is 12.9. The molecule has 1 N–H and O–H groups in total. The van der Waals surface area contributed by atoms with Crippen LogP contribution in [-0.2, 0) is 22.9 Å². The van der Waals surface area contributed by atoms with Gasteiger partial charge in [-0.25, -0.2) is 0 Å². The van der Waals surface area contributed by atoms with Crippen molar-refractivity contribution in [2.75, 3.05) is 14.2 Å². The number of methoxy groups -OCH3 is 2. The maximum atomic E-state index is 10.4. The van der Waals surface area contributed by atoms with E-state index in [0.717, 1.165) is 15.9 Å². The summed E-state index contributed by atoms with van der Waals surface area (Å²) in [6.45, 7) is 3.59. The van der Waals surface area contributed by atoms with Crippen LogP contribution in [0.3, 0.4) is 0 Å². The first-order valence-electron chi connectivity index (χ1n) is 5.29. The van der Waals surface area contributed by atoms with Gasteiger partial charge in [0.05, 0.1) is 15.9 Å². The van der Waals surface area contributed by atoms with Crippen LogP contribution in [-0.4, -0.2) is 41.0 Å². The zero-order chi connectivity index (χ0) is 13.2. The second-order valence-electron chi connectivity index (χ2n) is 4.31. The Morgan fingerprint density at radius 2 is 2.00 bits per heavy atom. The van der Waals surface area contributed by atoms with Crippen LogP contribution < -0.4 is 0 Å². The van der Waals surface area contributed by atoms with Crippen LogP contribution in [0.15, 0.2) is 4.47 Å². The Bertz CT molecular complexity index is 386. The Balaban J connectivity index is 2.96. The number of rotatable bonds is 5. The van der Waals surface area contributed by atoms with Crippen LogP contribution in [0.1, 0.15) is 18.3 Å². The standard InChI is InChI=1S/C11H19BrN2O3/c1-7-9(12)8(14(3)13-7)6-11(2,15)10(16-4)17-5/h10,15H,6H2,1-5H3.